The molecule has 0 aliphatic rings. The summed E-state index contributed by atoms with van der Waals surface area (Å²) in [6.07, 6.45) is 0.890. The van der Waals surface area contributed by atoms with Crippen LogP contribution in [0.4, 0.5) is 0 Å². The van der Waals surface area contributed by atoms with Gasteiger partial charge in [-0.2, -0.15) is 4.80 Å². The normalized spacial score (nSPS) is 12.2. The Labute approximate surface area is 125 Å². The van der Waals surface area contributed by atoms with Crippen LogP contribution >= 0.6 is 15.9 Å². The largest absolute Gasteiger partial charge is 0.352 e. The Hall–Kier alpha value is -1.76. The molecule has 1 amide bonds. The second kappa shape index (κ2) is 6.60. The molecule has 0 saturated carbocycles. The van der Waals surface area contributed by atoms with Crippen molar-refractivity contribution in [2.75, 3.05) is 0 Å². The fourth-order valence-corrected chi connectivity index (χ4v) is 1.84. The molecule has 0 bridgehead atoms. The Balaban J connectivity index is 2.02. The summed E-state index contributed by atoms with van der Waals surface area (Å²) in [5, 5.41) is 14.9. The zero-order chi connectivity index (χ0) is 14.5. The predicted molar refractivity (Wildman–Crippen MR) is 78.8 cm³/mol. The Morgan fingerprint density at radius 1 is 1.40 bits per heavy atom. The van der Waals surface area contributed by atoms with E-state index in [0.717, 1.165) is 16.5 Å². The topological polar surface area (TPSA) is 72.7 Å². The van der Waals surface area contributed by atoms with Crippen molar-refractivity contribution in [1.29, 1.82) is 0 Å². The van der Waals surface area contributed by atoms with Crippen LogP contribution in [0.25, 0.3) is 11.4 Å². The van der Waals surface area contributed by atoms with Crippen LogP contribution in [-0.2, 0) is 11.3 Å². The minimum Gasteiger partial charge on any atom is -0.352 e. The van der Waals surface area contributed by atoms with Crippen molar-refractivity contribution in [2.45, 2.75) is 32.9 Å². The first-order valence-electron chi connectivity index (χ1n) is 6.41. The number of amides is 1. The van der Waals surface area contributed by atoms with Gasteiger partial charge in [-0.05, 0) is 42.8 Å². The van der Waals surface area contributed by atoms with E-state index in [4.69, 9.17) is 0 Å². The van der Waals surface area contributed by atoms with E-state index in [-0.39, 0.29) is 18.5 Å². The minimum atomic E-state index is -0.112. The quantitative estimate of drug-likeness (QED) is 0.905. The van der Waals surface area contributed by atoms with Gasteiger partial charge in [0, 0.05) is 16.1 Å². The molecule has 6 nitrogen and oxygen atoms in total. The average Bonchev–Trinajstić information content (AvgIpc) is 2.87. The Morgan fingerprint density at radius 2 is 2.10 bits per heavy atom. The van der Waals surface area contributed by atoms with E-state index >= 15 is 0 Å². The van der Waals surface area contributed by atoms with Gasteiger partial charge in [-0.3, -0.25) is 4.79 Å². The lowest BCUT2D eigenvalue weighted by Gasteiger charge is -2.10. The van der Waals surface area contributed by atoms with Gasteiger partial charge in [-0.25, -0.2) is 0 Å². The van der Waals surface area contributed by atoms with E-state index < -0.39 is 0 Å². The number of hydrogen-bond donors (Lipinski definition) is 1. The predicted octanol–water partition coefficient (Wildman–Crippen LogP) is 2.02. The van der Waals surface area contributed by atoms with Crippen molar-refractivity contribution in [3.8, 4) is 11.4 Å². The lowest BCUT2D eigenvalue weighted by molar-refractivity contribution is -0.122. The number of nitrogens with zero attached hydrogens (tertiary/aromatic N) is 4. The Morgan fingerprint density at radius 3 is 2.75 bits per heavy atom. The first-order valence-corrected chi connectivity index (χ1v) is 7.21. The van der Waals surface area contributed by atoms with Crippen LogP contribution in [0.2, 0.25) is 0 Å². The standard InChI is InChI=1S/C13H16BrN5O/c1-3-9(2)15-12(20)8-19-17-13(16-18-19)10-4-6-11(14)7-5-10/h4-7,9H,3,8H2,1-2H3,(H,15,20)/t9-/m1/s1. The summed E-state index contributed by atoms with van der Waals surface area (Å²) in [5.74, 6) is 0.396. The molecule has 1 N–H and O–H groups in total. The number of rotatable bonds is 5. The molecule has 0 spiro atoms. The second-order valence-electron chi connectivity index (χ2n) is 4.53. The number of halogens is 1. The van der Waals surface area contributed by atoms with E-state index in [1.54, 1.807) is 0 Å². The van der Waals surface area contributed by atoms with Gasteiger partial charge in [0.2, 0.25) is 11.7 Å². The SMILES string of the molecule is CC[C@@H](C)NC(=O)Cn1nnc(-c2ccc(Br)cc2)n1. The second-order valence-corrected chi connectivity index (χ2v) is 5.44. The van der Waals surface area contributed by atoms with Crippen LogP contribution in [0.3, 0.4) is 0 Å². The van der Waals surface area contributed by atoms with Crippen LogP contribution < -0.4 is 5.32 Å². The van der Waals surface area contributed by atoms with Gasteiger partial charge < -0.3 is 5.32 Å². The lowest BCUT2D eigenvalue weighted by Crippen LogP contribution is -2.35. The van der Waals surface area contributed by atoms with E-state index in [2.05, 4.69) is 36.7 Å². The molecule has 0 fully saturated rings. The van der Waals surface area contributed by atoms with Crippen LogP contribution in [0.5, 0.6) is 0 Å². The fourth-order valence-electron chi connectivity index (χ4n) is 1.58. The first kappa shape index (κ1) is 14.6. The highest BCUT2D eigenvalue weighted by molar-refractivity contribution is 9.10. The molecule has 106 valence electrons. The lowest BCUT2D eigenvalue weighted by atomic mass is 10.2. The number of carbonyl (C=O) groups is 1. The summed E-state index contributed by atoms with van der Waals surface area (Å²) < 4.78 is 0.988. The molecule has 2 rings (SSSR count). The van der Waals surface area contributed by atoms with Gasteiger partial charge in [0.05, 0.1) is 0 Å². The molecule has 1 heterocycles. The number of nitrogens with one attached hydrogen (secondary N) is 1. The van der Waals surface area contributed by atoms with Crippen LogP contribution in [0, 0.1) is 0 Å². The smallest absolute Gasteiger partial charge is 0.243 e. The number of carbonyl (C=O) groups excluding carboxylic acids is 1. The third kappa shape index (κ3) is 3.86. The fraction of sp³-hybridized carbons (Fsp3) is 0.385. The van der Waals surface area contributed by atoms with Crippen molar-refractivity contribution in [2.24, 2.45) is 0 Å². The number of tetrazole rings is 1. The number of hydrogen-bond acceptors (Lipinski definition) is 4. The summed E-state index contributed by atoms with van der Waals surface area (Å²) in [5.41, 5.74) is 0.863. The molecule has 7 heteroatoms. The molecule has 1 atom stereocenters. The van der Waals surface area contributed by atoms with E-state index in [0.29, 0.717) is 5.82 Å². The molecule has 1 aromatic heterocycles. The minimum absolute atomic E-state index is 0.0773. The van der Waals surface area contributed by atoms with Gasteiger partial charge in [0.1, 0.15) is 6.54 Å². The third-order valence-electron chi connectivity index (χ3n) is 2.86. The maximum atomic E-state index is 11.7. The van der Waals surface area contributed by atoms with Crippen LogP contribution in [-0.4, -0.2) is 32.2 Å². The van der Waals surface area contributed by atoms with Crippen LogP contribution in [0.1, 0.15) is 20.3 Å². The summed E-state index contributed by atoms with van der Waals surface area (Å²) in [7, 11) is 0. The van der Waals surface area contributed by atoms with Gasteiger partial charge in [-0.1, -0.05) is 22.9 Å². The van der Waals surface area contributed by atoms with Gasteiger partial charge >= 0.3 is 0 Å². The van der Waals surface area contributed by atoms with E-state index in [9.17, 15) is 4.79 Å². The van der Waals surface area contributed by atoms with E-state index in [1.807, 2.05) is 38.1 Å². The van der Waals surface area contributed by atoms with Crippen molar-refractivity contribution in [3.63, 3.8) is 0 Å². The van der Waals surface area contributed by atoms with Crippen molar-refractivity contribution >= 4 is 21.8 Å². The molecule has 0 unspecified atom stereocenters. The van der Waals surface area contributed by atoms with Crippen molar-refractivity contribution in [1.82, 2.24) is 25.5 Å². The average molecular weight is 338 g/mol. The van der Waals surface area contributed by atoms with Gasteiger partial charge in [-0.15, -0.1) is 10.2 Å². The molecule has 20 heavy (non-hydrogen) atoms. The highest BCUT2D eigenvalue weighted by Crippen LogP contribution is 2.17. The maximum Gasteiger partial charge on any atom is 0.243 e. The molecular formula is C13H16BrN5O. The van der Waals surface area contributed by atoms with Gasteiger partial charge in [0.15, 0.2) is 0 Å². The summed E-state index contributed by atoms with van der Waals surface area (Å²) in [6.45, 7) is 4.05. The molecule has 2 aromatic rings. The Kier molecular flexibility index (Phi) is 4.84. The summed E-state index contributed by atoms with van der Waals surface area (Å²) in [4.78, 5) is 13.0. The molecular weight excluding hydrogens is 322 g/mol. The first-order chi connectivity index (χ1) is 9.58. The number of aromatic nitrogens is 4. The molecule has 1 aromatic carbocycles. The van der Waals surface area contributed by atoms with Crippen LogP contribution in [0.15, 0.2) is 28.7 Å². The zero-order valence-corrected chi connectivity index (χ0v) is 13.0. The highest BCUT2D eigenvalue weighted by Gasteiger charge is 2.10. The van der Waals surface area contributed by atoms with Gasteiger partial charge in [0.25, 0.3) is 0 Å². The highest BCUT2D eigenvalue weighted by atomic mass is 79.9. The zero-order valence-electron chi connectivity index (χ0n) is 11.4. The van der Waals surface area contributed by atoms with Crippen molar-refractivity contribution < 1.29 is 4.79 Å². The summed E-state index contributed by atoms with van der Waals surface area (Å²) >= 11 is 3.37. The molecule has 0 radical (unpaired) electrons. The molecule has 0 saturated heterocycles. The third-order valence-corrected chi connectivity index (χ3v) is 3.39. The monoisotopic (exact) mass is 337 g/mol. The summed E-state index contributed by atoms with van der Waals surface area (Å²) in [6, 6.07) is 7.75. The molecule has 0 aliphatic heterocycles. The van der Waals surface area contributed by atoms with E-state index in [1.165, 1.54) is 4.80 Å². The molecule has 0 aliphatic carbocycles. The number of benzene rings is 1. The maximum absolute atomic E-state index is 11.7. The Bertz CT molecular complexity index is 581. The van der Waals surface area contributed by atoms with Crippen molar-refractivity contribution in [3.05, 3.63) is 28.7 Å².